The van der Waals surface area contributed by atoms with Gasteiger partial charge in [0.1, 0.15) is 12.6 Å². The molecule has 0 unspecified atom stereocenters. The topological polar surface area (TPSA) is 23.8 Å². The Balaban J connectivity index is 2.49. The molecule has 0 amide bonds. The molecular weight excluding hydrogens is 88.1 g/mol. The van der Waals surface area contributed by atoms with E-state index in [1.165, 1.54) is 0 Å². The Morgan fingerprint density at radius 2 is 2.14 bits per heavy atom. The van der Waals surface area contributed by atoms with Gasteiger partial charge in [-0.15, -0.1) is 0 Å². The Morgan fingerprint density at radius 3 is 2.14 bits per heavy atom. The van der Waals surface area contributed by atoms with Gasteiger partial charge in [-0.1, -0.05) is 0 Å². The standard InChI is InChI=1S/C5H9N2/c1-7(2)4-5(7)3-6/h5H,4H2,1-2H3/q+1/t5-/m0/s1. The highest BCUT2D eigenvalue weighted by atomic mass is 15.5. The van der Waals surface area contributed by atoms with Crippen LogP contribution in [0.5, 0.6) is 0 Å². The average molecular weight is 97.1 g/mol. The van der Waals surface area contributed by atoms with E-state index in [2.05, 4.69) is 20.2 Å². The zero-order chi connectivity index (χ0) is 5.49. The minimum Gasteiger partial charge on any atom is -0.304 e. The summed E-state index contributed by atoms with van der Waals surface area (Å²) in [7, 11) is 4.13. The van der Waals surface area contributed by atoms with Crippen molar-refractivity contribution in [2.24, 2.45) is 0 Å². The summed E-state index contributed by atoms with van der Waals surface area (Å²) in [4.78, 5) is 0. The second kappa shape index (κ2) is 0.988. The Bertz CT molecular complexity index is 121. The van der Waals surface area contributed by atoms with E-state index in [4.69, 9.17) is 5.26 Å². The lowest BCUT2D eigenvalue weighted by molar-refractivity contribution is -0.763. The van der Waals surface area contributed by atoms with E-state index in [0.717, 1.165) is 11.0 Å². The maximum absolute atomic E-state index is 8.28. The minimum absolute atomic E-state index is 0.292. The van der Waals surface area contributed by atoms with Crippen LogP contribution >= 0.6 is 0 Å². The van der Waals surface area contributed by atoms with Crippen molar-refractivity contribution < 1.29 is 4.48 Å². The molecule has 1 saturated heterocycles. The van der Waals surface area contributed by atoms with Crippen molar-refractivity contribution in [1.29, 1.82) is 5.26 Å². The van der Waals surface area contributed by atoms with Gasteiger partial charge in [-0.3, -0.25) is 0 Å². The predicted molar refractivity (Wildman–Crippen MR) is 26.4 cm³/mol. The molecule has 0 aliphatic carbocycles. The molecule has 1 aliphatic heterocycles. The number of hydrogen-bond acceptors (Lipinski definition) is 1. The Kier molecular flexibility index (Phi) is 0.650. The van der Waals surface area contributed by atoms with Gasteiger partial charge < -0.3 is 4.48 Å². The van der Waals surface area contributed by atoms with Gasteiger partial charge in [0.2, 0.25) is 6.04 Å². The zero-order valence-electron chi connectivity index (χ0n) is 4.68. The molecular formula is C5H9N2+. The van der Waals surface area contributed by atoms with Gasteiger partial charge in [-0.25, -0.2) is 0 Å². The van der Waals surface area contributed by atoms with E-state index in [1.807, 2.05) is 0 Å². The molecule has 0 N–H and O–H groups in total. The van der Waals surface area contributed by atoms with Crippen molar-refractivity contribution in [2.45, 2.75) is 6.04 Å². The highest BCUT2D eigenvalue weighted by Gasteiger charge is 2.47. The van der Waals surface area contributed by atoms with Crippen molar-refractivity contribution >= 4 is 0 Å². The van der Waals surface area contributed by atoms with Crippen molar-refractivity contribution in [1.82, 2.24) is 0 Å². The molecule has 0 saturated carbocycles. The molecule has 0 aromatic heterocycles. The molecule has 38 valence electrons. The summed E-state index contributed by atoms with van der Waals surface area (Å²) in [6, 6.07) is 2.49. The third-order valence-electron chi connectivity index (χ3n) is 1.50. The summed E-state index contributed by atoms with van der Waals surface area (Å²) < 4.78 is 0.899. The molecule has 2 nitrogen and oxygen atoms in total. The van der Waals surface area contributed by atoms with Crippen LogP contribution in [0, 0.1) is 11.3 Å². The molecule has 7 heavy (non-hydrogen) atoms. The molecule has 1 rings (SSSR count). The quantitative estimate of drug-likeness (QED) is 0.307. The van der Waals surface area contributed by atoms with Gasteiger partial charge in [0.05, 0.1) is 14.1 Å². The predicted octanol–water partition coefficient (Wildman–Crippen LogP) is -0.0314. The first-order valence-corrected chi connectivity index (χ1v) is 2.39. The van der Waals surface area contributed by atoms with E-state index in [0.29, 0.717) is 6.04 Å². The first-order chi connectivity index (χ1) is 3.17. The normalized spacial score (nSPS) is 34.1. The lowest BCUT2D eigenvalue weighted by atomic mass is 10.5. The van der Waals surface area contributed by atoms with E-state index in [-0.39, 0.29) is 0 Å². The van der Waals surface area contributed by atoms with E-state index < -0.39 is 0 Å². The van der Waals surface area contributed by atoms with Crippen LogP contribution in [0.4, 0.5) is 0 Å². The highest BCUT2D eigenvalue weighted by Crippen LogP contribution is 2.22. The molecule has 1 aliphatic rings. The average Bonchev–Trinajstić information content (AvgIpc) is 2.13. The van der Waals surface area contributed by atoms with Crippen molar-refractivity contribution in [3.8, 4) is 6.07 Å². The van der Waals surface area contributed by atoms with Crippen LogP contribution in [0.25, 0.3) is 0 Å². The SMILES string of the molecule is C[N+]1(C)C[C@@H]1C#N. The Morgan fingerprint density at radius 1 is 1.71 bits per heavy atom. The number of nitriles is 1. The summed E-state index contributed by atoms with van der Waals surface area (Å²) in [5.41, 5.74) is 0. The van der Waals surface area contributed by atoms with Crippen LogP contribution in [-0.4, -0.2) is 31.2 Å². The lowest BCUT2D eigenvalue weighted by Crippen LogP contribution is -2.14. The van der Waals surface area contributed by atoms with Crippen molar-refractivity contribution in [3.05, 3.63) is 0 Å². The van der Waals surface area contributed by atoms with Crippen molar-refractivity contribution in [2.75, 3.05) is 20.6 Å². The van der Waals surface area contributed by atoms with Gasteiger partial charge in [-0.05, 0) is 0 Å². The van der Waals surface area contributed by atoms with Crippen LogP contribution < -0.4 is 0 Å². The van der Waals surface area contributed by atoms with Crippen LogP contribution in [0.1, 0.15) is 0 Å². The second-order valence-electron chi connectivity index (χ2n) is 2.61. The molecule has 2 heteroatoms. The largest absolute Gasteiger partial charge is 0.304 e. The summed E-state index contributed by atoms with van der Waals surface area (Å²) in [5.74, 6) is 0. The fourth-order valence-electron chi connectivity index (χ4n) is 0.596. The van der Waals surface area contributed by atoms with E-state index >= 15 is 0 Å². The number of hydrogen-bond donors (Lipinski definition) is 0. The van der Waals surface area contributed by atoms with E-state index in [1.54, 1.807) is 0 Å². The Labute approximate surface area is 43.6 Å². The third kappa shape index (κ3) is 0.594. The first kappa shape index (κ1) is 4.61. The Hall–Kier alpha value is -0.550. The monoisotopic (exact) mass is 97.1 g/mol. The third-order valence-corrected chi connectivity index (χ3v) is 1.50. The molecule has 0 spiro atoms. The van der Waals surface area contributed by atoms with Gasteiger partial charge in [0.15, 0.2) is 0 Å². The molecule has 0 aromatic carbocycles. The minimum atomic E-state index is 0.292. The number of quaternary nitrogens is 1. The van der Waals surface area contributed by atoms with Gasteiger partial charge >= 0.3 is 0 Å². The summed E-state index contributed by atoms with van der Waals surface area (Å²) in [6.45, 7) is 1.04. The van der Waals surface area contributed by atoms with Crippen LogP contribution in [-0.2, 0) is 0 Å². The molecule has 0 aromatic rings. The van der Waals surface area contributed by atoms with Gasteiger partial charge in [-0.2, -0.15) is 5.26 Å². The van der Waals surface area contributed by atoms with Crippen LogP contribution in [0.15, 0.2) is 0 Å². The fourth-order valence-corrected chi connectivity index (χ4v) is 0.596. The van der Waals surface area contributed by atoms with E-state index in [9.17, 15) is 0 Å². The highest BCUT2D eigenvalue weighted by molar-refractivity contribution is 4.92. The number of likely N-dealkylation sites (N-methyl/N-ethyl adjacent to an activating group) is 1. The molecule has 1 heterocycles. The maximum atomic E-state index is 8.28. The summed E-state index contributed by atoms with van der Waals surface area (Å²) in [5, 5.41) is 8.28. The summed E-state index contributed by atoms with van der Waals surface area (Å²) in [6.07, 6.45) is 0. The fraction of sp³-hybridized carbons (Fsp3) is 0.800. The van der Waals surface area contributed by atoms with Crippen LogP contribution in [0.3, 0.4) is 0 Å². The lowest BCUT2D eigenvalue weighted by Gasteiger charge is -1.98. The number of rotatable bonds is 0. The second-order valence-corrected chi connectivity index (χ2v) is 2.61. The summed E-state index contributed by atoms with van der Waals surface area (Å²) >= 11 is 0. The molecule has 0 radical (unpaired) electrons. The zero-order valence-corrected chi connectivity index (χ0v) is 4.68. The maximum Gasteiger partial charge on any atom is 0.225 e. The van der Waals surface area contributed by atoms with Gasteiger partial charge in [0.25, 0.3) is 0 Å². The van der Waals surface area contributed by atoms with Gasteiger partial charge in [0, 0.05) is 0 Å². The number of nitrogens with zero attached hydrogens (tertiary/aromatic N) is 2. The molecule has 1 fully saturated rings. The molecule has 1 atom stereocenters. The first-order valence-electron chi connectivity index (χ1n) is 2.39. The van der Waals surface area contributed by atoms with Crippen LogP contribution in [0.2, 0.25) is 0 Å². The van der Waals surface area contributed by atoms with Crippen molar-refractivity contribution in [3.63, 3.8) is 0 Å². The smallest absolute Gasteiger partial charge is 0.225 e. The molecule has 0 bridgehead atoms.